The van der Waals surface area contributed by atoms with Crippen molar-refractivity contribution in [3.63, 3.8) is 0 Å². The highest BCUT2D eigenvalue weighted by Crippen LogP contribution is 2.29. The molecule has 0 unspecified atom stereocenters. The molecule has 2 aromatic rings. The summed E-state index contributed by atoms with van der Waals surface area (Å²) in [5, 5.41) is 11.6. The number of hydrogen-bond acceptors (Lipinski definition) is 6. The summed E-state index contributed by atoms with van der Waals surface area (Å²) in [6.45, 7) is 0.0583. The Morgan fingerprint density at radius 3 is 2.54 bits per heavy atom. The lowest BCUT2D eigenvalue weighted by atomic mass is 10.1. The number of nitrogens with one attached hydrogen (secondary N) is 1. The maximum Gasteiger partial charge on any atom is 0.305 e. The Labute approximate surface area is 138 Å². The molecule has 0 radical (unpaired) electrons. The average Bonchev–Trinajstić information content (AvgIpc) is 2.57. The normalized spacial score (nSPS) is 11.4. The molecule has 0 heterocycles. The van der Waals surface area contributed by atoms with Gasteiger partial charge in [0.2, 0.25) is 10.0 Å². The van der Waals surface area contributed by atoms with Gasteiger partial charge in [0.15, 0.2) is 0 Å². The molecule has 9 heteroatoms. The number of methoxy groups -OCH3 is 1. The van der Waals surface area contributed by atoms with Gasteiger partial charge in [-0.2, -0.15) is 0 Å². The molecular formula is C15H16N2O6S. The first-order valence-corrected chi connectivity index (χ1v) is 8.58. The Hall–Kier alpha value is -2.52. The molecule has 1 N–H and O–H groups in total. The molecule has 0 atom stereocenters. The lowest BCUT2D eigenvalue weighted by Gasteiger charge is -2.09. The van der Waals surface area contributed by atoms with E-state index < -0.39 is 20.9 Å². The molecule has 0 aromatic heterocycles. The summed E-state index contributed by atoms with van der Waals surface area (Å²) >= 11 is 0. The first kappa shape index (κ1) is 17.8. The first-order valence-electron chi connectivity index (χ1n) is 7.09. The van der Waals surface area contributed by atoms with E-state index in [1.807, 2.05) is 0 Å². The average molecular weight is 352 g/mol. The van der Waals surface area contributed by atoms with Crippen LogP contribution in [0.25, 0.3) is 10.8 Å². The van der Waals surface area contributed by atoms with Gasteiger partial charge in [0.25, 0.3) is 5.69 Å². The number of esters is 1. The van der Waals surface area contributed by atoms with Crippen molar-refractivity contribution in [2.24, 2.45) is 0 Å². The van der Waals surface area contributed by atoms with Crippen LogP contribution in [0.3, 0.4) is 0 Å². The zero-order chi connectivity index (χ0) is 17.7. The lowest BCUT2D eigenvalue weighted by molar-refractivity contribution is -0.383. The quantitative estimate of drug-likeness (QED) is 0.352. The fourth-order valence-electron chi connectivity index (χ4n) is 2.28. The Balaban J connectivity index is 2.29. The van der Waals surface area contributed by atoms with E-state index in [0.717, 1.165) is 0 Å². The number of carbonyl (C=O) groups is 1. The van der Waals surface area contributed by atoms with Gasteiger partial charge in [0.1, 0.15) is 0 Å². The summed E-state index contributed by atoms with van der Waals surface area (Å²) in [6, 6.07) is 8.63. The largest absolute Gasteiger partial charge is 0.469 e. The Kier molecular flexibility index (Phi) is 5.47. The number of nitrogens with zero attached hydrogens (tertiary/aromatic N) is 1. The Morgan fingerprint density at radius 2 is 1.88 bits per heavy atom. The van der Waals surface area contributed by atoms with Crippen LogP contribution < -0.4 is 4.72 Å². The summed E-state index contributed by atoms with van der Waals surface area (Å²) in [5.74, 6) is -0.421. The summed E-state index contributed by atoms with van der Waals surface area (Å²) in [5.41, 5.74) is -0.157. The van der Waals surface area contributed by atoms with E-state index in [1.54, 1.807) is 0 Å². The molecule has 128 valence electrons. The molecular weight excluding hydrogens is 336 g/mol. The van der Waals surface area contributed by atoms with E-state index >= 15 is 0 Å². The third-order valence-corrected chi connectivity index (χ3v) is 4.94. The van der Waals surface area contributed by atoms with Crippen LogP contribution in [0.2, 0.25) is 0 Å². The van der Waals surface area contributed by atoms with Crippen LogP contribution in [0, 0.1) is 10.1 Å². The van der Waals surface area contributed by atoms with E-state index in [1.165, 1.54) is 43.5 Å². The summed E-state index contributed by atoms with van der Waals surface area (Å²) in [7, 11) is -2.60. The van der Waals surface area contributed by atoms with Gasteiger partial charge in [-0.05, 0) is 18.6 Å². The highest BCUT2D eigenvalue weighted by atomic mass is 32.2. The number of rotatable bonds is 7. The molecule has 0 bridgehead atoms. The van der Waals surface area contributed by atoms with Gasteiger partial charge in [-0.25, -0.2) is 13.1 Å². The highest BCUT2D eigenvalue weighted by molar-refractivity contribution is 7.89. The van der Waals surface area contributed by atoms with E-state index in [-0.39, 0.29) is 40.7 Å². The number of nitro groups is 1. The predicted molar refractivity (Wildman–Crippen MR) is 87.0 cm³/mol. The van der Waals surface area contributed by atoms with E-state index in [4.69, 9.17) is 0 Å². The molecule has 0 fully saturated rings. The molecule has 0 spiro atoms. The number of nitro benzene ring substituents is 1. The fourth-order valence-corrected chi connectivity index (χ4v) is 3.57. The van der Waals surface area contributed by atoms with Crippen molar-refractivity contribution in [1.29, 1.82) is 0 Å². The lowest BCUT2D eigenvalue weighted by Crippen LogP contribution is -2.25. The predicted octanol–water partition coefficient (Wildman–Crippen LogP) is 1.98. The van der Waals surface area contributed by atoms with Crippen molar-refractivity contribution in [3.05, 3.63) is 46.5 Å². The molecule has 24 heavy (non-hydrogen) atoms. The van der Waals surface area contributed by atoms with Gasteiger partial charge in [-0.15, -0.1) is 0 Å². The minimum Gasteiger partial charge on any atom is -0.469 e. The van der Waals surface area contributed by atoms with Crippen molar-refractivity contribution < 1.29 is 22.9 Å². The van der Waals surface area contributed by atoms with Crippen LogP contribution >= 0.6 is 0 Å². The molecule has 0 saturated carbocycles. The number of non-ortho nitro benzene ring substituents is 1. The smallest absolute Gasteiger partial charge is 0.305 e. The number of fused-ring (bicyclic) bond motifs is 1. The standard InChI is InChI=1S/C15H16N2O6S/c1-23-15(18)9-4-10-16-24(21,22)14-8-3-5-11-12(14)6-2-7-13(11)17(19)20/h2-3,5-8,16H,4,9-10H2,1H3. The number of ether oxygens (including phenoxy) is 1. The summed E-state index contributed by atoms with van der Waals surface area (Å²) in [6.07, 6.45) is 0.386. The van der Waals surface area contributed by atoms with Gasteiger partial charge in [0.05, 0.1) is 22.3 Å². The number of sulfonamides is 1. The van der Waals surface area contributed by atoms with Gasteiger partial charge in [0, 0.05) is 24.4 Å². The van der Waals surface area contributed by atoms with Gasteiger partial charge < -0.3 is 4.74 Å². The number of carbonyl (C=O) groups excluding carboxylic acids is 1. The number of hydrogen-bond donors (Lipinski definition) is 1. The summed E-state index contributed by atoms with van der Waals surface area (Å²) in [4.78, 5) is 21.5. The zero-order valence-electron chi connectivity index (χ0n) is 12.9. The maximum atomic E-state index is 12.4. The third kappa shape index (κ3) is 3.87. The van der Waals surface area contributed by atoms with E-state index in [2.05, 4.69) is 9.46 Å². The molecule has 8 nitrogen and oxygen atoms in total. The van der Waals surface area contributed by atoms with E-state index in [9.17, 15) is 23.3 Å². The molecule has 2 rings (SSSR count). The monoisotopic (exact) mass is 352 g/mol. The van der Waals surface area contributed by atoms with Crippen LogP contribution in [0.4, 0.5) is 5.69 Å². The Morgan fingerprint density at radius 1 is 1.21 bits per heavy atom. The molecule has 0 aliphatic rings. The second-order valence-electron chi connectivity index (χ2n) is 4.96. The molecule has 0 saturated heterocycles. The SMILES string of the molecule is COC(=O)CCCNS(=O)(=O)c1cccc2c([N+](=O)[O-])cccc12. The van der Waals surface area contributed by atoms with Crippen LogP contribution in [0.1, 0.15) is 12.8 Å². The topological polar surface area (TPSA) is 116 Å². The third-order valence-electron chi connectivity index (χ3n) is 3.42. The van der Waals surface area contributed by atoms with Crippen LogP contribution in [0.15, 0.2) is 41.3 Å². The second-order valence-corrected chi connectivity index (χ2v) is 6.70. The minimum absolute atomic E-state index is 0.0400. The maximum absolute atomic E-state index is 12.4. The van der Waals surface area contributed by atoms with Crippen molar-refractivity contribution >= 4 is 32.5 Å². The van der Waals surface area contributed by atoms with Crippen molar-refractivity contribution in [2.45, 2.75) is 17.7 Å². The first-order chi connectivity index (χ1) is 11.4. The van der Waals surface area contributed by atoms with Gasteiger partial charge in [-0.3, -0.25) is 14.9 Å². The number of benzene rings is 2. The second kappa shape index (κ2) is 7.37. The zero-order valence-corrected chi connectivity index (χ0v) is 13.7. The minimum atomic E-state index is -3.86. The van der Waals surface area contributed by atoms with Crippen LogP contribution in [0.5, 0.6) is 0 Å². The molecule has 0 aliphatic heterocycles. The molecule has 2 aromatic carbocycles. The Bertz CT molecular complexity index is 879. The molecule has 0 aliphatic carbocycles. The van der Waals surface area contributed by atoms with Crippen molar-refractivity contribution in [2.75, 3.05) is 13.7 Å². The van der Waals surface area contributed by atoms with Gasteiger partial charge >= 0.3 is 5.97 Å². The van der Waals surface area contributed by atoms with E-state index in [0.29, 0.717) is 0 Å². The van der Waals surface area contributed by atoms with Crippen LogP contribution in [-0.2, 0) is 19.6 Å². The fraction of sp³-hybridized carbons (Fsp3) is 0.267. The van der Waals surface area contributed by atoms with Crippen molar-refractivity contribution in [3.8, 4) is 0 Å². The summed E-state index contributed by atoms with van der Waals surface area (Å²) < 4.78 is 31.8. The van der Waals surface area contributed by atoms with Crippen molar-refractivity contribution in [1.82, 2.24) is 4.72 Å². The van der Waals surface area contributed by atoms with Crippen LogP contribution in [-0.4, -0.2) is 33.0 Å². The molecule has 0 amide bonds. The highest BCUT2D eigenvalue weighted by Gasteiger charge is 2.20. The van der Waals surface area contributed by atoms with Gasteiger partial charge in [-0.1, -0.05) is 18.2 Å².